The van der Waals surface area contributed by atoms with E-state index >= 15 is 0 Å². The first-order chi connectivity index (χ1) is 13.5. The number of hydrogen-bond acceptors (Lipinski definition) is 5. The smallest absolute Gasteiger partial charge is 0.257 e. The number of nitrogens with zero attached hydrogens (tertiary/aromatic N) is 6. The number of halogens is 1. The van der Waals surface area contributed by atoms with Crippen LogP contribution in [0.15, 0.2) is 30.3 Å². The fraction of sp³-hybridized carbons (Fsp3) is 0.400. The molecule has 0 atom stereocenters. The Hall–Kier alpha value is -3.03. The van der Waals surface area contributed by atoms with Gasteiger partial charge < -0.3 is 9.80 Å². The Morgan fingerprint density at radius 1 is 1.14 bits per heavy atom. The number of amides is 1. The second kappa shape index (κ2) is 7.53. The topological polar surface area (TPSA) is 66.6 Å². The van der Waals surface area contributed by atoms with E-state index in [1.807, 2.05) is 29.2 Å². The van der Waals surface area contributed by atoms with Crippen LogP contribution < -0.4 is 4.90 Å². The molecule has 7 nitrogen and oxygen atoms in total. The van der Waals surface area contributed by atoms with Crippen LogP contribution in [-0.4, -0.2) is 56.6 Å². The molecule has 0 N–H and O–H groups in total. The predicted molar refractivity (Wildman–Crippen MR) is 104 cm³/mol. The molecule has 0 bridgehead atoms. The van der Waals surface area contributed by atoms with Crippen molar-refractivity contribution in [1.29, 1.82) is 0 Å². The van der Waals surface area contributed by atoms with Gasteiger partial charge >= 0.3 is 0 Å². The number of anilines is 1. The number of hydrogen-bond donors (Lipinski definition) is 0. The summed E-state index contributed by atoms with van der Waals surface area (Å²) in [4.78, 5) is 21.2. The number of rotatable bonds is 4. The summed E-state index contributed by atoms with van der Waals surface area (Å²) in [6.45, 7) is 6.71. The molecule has 1 fully saturated rings. The quantitative estimate of drug-likeness (QED) is 0.691. The van der Waals surface area contributed by atoms with Crippen molar-refractivity contribution in [2.45, 2.75) is 26.7 Å². The molecule has 0 aliphatic carbocycles. The molecule has 4 rings (SSSR count). The van der Waals surface area contributed by atoms with E-state index < -0.39 is 0 Å². The Morgan fingerprint density at radius 3 is 2.64 bits per heavy atom. The van der Waals surface area contributed by atoms with E-state index in [9.17, 15) is 9.18 Å². The molecule has 0 spiro atoms. The first-order valence-corrected chi connectivity index (χ1v) is 9.54. The molecular formula is C20H23FN6O. The Bertz CT molecular complexity index is 1010. The van der Waals surface area contributed by atoms with E-state index in [4.69, 9.17) is 0 Å². The zero-order chi connectivity index (χ0) is 19.7. The predicted octanol–water partition coefficient (Wildman–Crippen LogP) is 2.03. The summed E-state index contributed by atoms with van der Waals surface area (Å²) in [5, 5.41) is 8.38. The van der Waals surface area contributed by atoms with E-state index in [1.165, 1.54) is 12.1 Å². The highest BCUT2D eigenvalue weighted by Crippen LogP contribution is 2.18. The molecule has 1 amide bonds. The lowest BCUT2D eigenvalue weighted by Gasteiger charge is -2.35. The van der Waals surface area contributed by atoms with Gasteiger partial charge in [0.15, 0.2) is 0 Å². The van der Waals surface area contributed by atoms with Crippen LogP contribution in [0, 0.1) is 12.7 Å². The first kappa shape index (κ1) is 18.3. The largest absolute Gasteiger partial charge is 0.353 e. The Kier molecular flexibility index (Phi) is 4.93. The number of aromatic nitrogens is 4. The third-order valence-electron chi connectivity index (χ3n) is 5.14. The van der Waals surface area contributed by atoms with Gasteiger partial charge in [-0.1, -0.05) is 19.1 Å². The first-order valence-electron chi connectivity index (χ1n) is 9.54. The van der Waals surface area contributed by atoms with Gasteiger partial charge in [0.1, 0.15) is 17.5 Å². The van der Waals surface area contributed by atoms with Crippen molar-refractivity contribution in [3.8, 4) is 0 Å². The Labute approximate surface area is 162 Å². The molecule has 0 radical (unpaired) electrons. The van der Waals surface area contributed by atoms with Crippen LogP contribution in [0.2, 0.25) is 0 Å². The highest BCUT2D eigenvalue weighted by Gasteiger charge is 2.23. The van der Waals surface area contributed by atoms with Gasteiger partial charge in [-0.3, -0.25) is 9.20 Å². The van der Waals surface area contributed by atoms with Gasteiger partial charge in [0.2, 0.25) is 5.91 Å². The van der Waals surface area contributed by atoms with Crippen molar-refractivity contribution in [1.82, 2.24) is 24.5 Å². The zero-order valence-corrected chi connectivity index (χ0v) is 16.1. The van der Waals surface area contributed by atoms with Gasteiger partial charge in [0, 0.05) is 44.4 Å². The maximum atomic E-state index is 13.3. The number of piperazine rings is 1. The van der Waals surface area contributed by atoms with Crippen LogP contribution in [-0.2, 0) is 17.6 Å². The second-order valence-corrected chi connectivity index (χ2v) is 7.04. The molecule has 2 aromatic heterocycles. The molecular weight excluding hydrogens is 359 g/mol. The monoisotopic (exact) mass is 382 g/mol. The SMILES string of the molecule is CCc1nnc2nc(N3CCN(C(=O)Cc4cccc(F)c4)CC3)cc(C)n12. The lowest BCUT2D eigenvalue weighted by molar-refractivity contribution is -0.130. The van der Waals surface area contributed by atoms with E-state index in [0.717, 1.165) is 23.8 Å². The summed E-state index contributed by atoms with van der Waals surface area (Å²) < 4.78 is 15.3. The third kappa shape index (κ3) is 3.54. The minimum Gasteiger partial charge on any atom is -0.353 e. The van der Waals surface area contributed by atoms with Crippen LogP contribution in [0.25, 0.3) is 5.78 Å². The number of benzene rings is 1. The normalized spacial score (nSPS) is 14.7. The summed E-state index contributed by atoms with van der Waals surface area (Å²) >= 11 is 0. The molecule has 3 heterocycles. The van der Waals surface area contributed by atoms with Crippen LogP contribution >= 0.6 is 0 Å². The molecule has 0 unspecified atom stereocenters. The summed E-state index contributed by atoms with van der Waals surface area (Å²) in [6.07, 6.45) is 1.02. The van der Waals surface area contributed by atoms with Gasteiger partial charge in [-0.25, -0.2) is 4.39 Å². The molecule has 28 heavy (non-hydrogen) atoms. The van der Waals surface area contributed by atoms with Crippen molar-refractivity contribution in [2.75, 3.05) is 31.1 Å². The van der Waals surface area contributed by atoms with Crippen LogP contribution in [0.4, 0.5) is 10.2 Å². The Balaban J connectivity index is 1.42. The van der Waals surface area contributed by atoms with Crippen molar-refractivity contribution in [2.24, 2.45) is 0 Å². The van der Waals surface area contributed by atoms with Crippen LogP contribution in [0.3, 0.4) is 0 Å². The van der Waals surface area contributed by atoms with Crippen molar-refractivity contribution >= 4 is 17.5 Å². The highest BCUT2D eigenvalue weighted by atomic mass is 19.1. The Morgan fingerprint density at radius 2 is 1.93 bits per heavy atom. The van der Waals surface area contributed by atoms with Crippen molar-refractivity contribution in [3.63, 3.8) is 0 Å². The van der Waals surface area contributed by atoms with Crippen molar-refractivity contribution in [3.05, 3.63) is 53.2 Å². The fourth-order valence-corrected chi connectivity index (χ4v) is 3.64. The molecule has 1 aliphatic heterocycles. The standard InChI is InChI=1S/C20H23FN6O/c1-3-17-23-24-20-22-18(11-14(2)27(17)20)25-7-9-26(10-8-25)19(28)13-15-5-4-6-16(21)12-15/h4-6,11-12H,3,7-10,13H2,1-2H3. The van der Waals surface area contributed by atoms with E-state index in [0.29, 0.717) is 37.5 Å². The minimum absolute atomic E-state index is 0.0230. The molecule has 1 aromatic carbocycles. The zero-order valence-electron chi connectivity index (χ0n) is 16.1. The van der Waals surface area contributed by atoms with E-state index in [-0.39, 0.29) is 18.1 Å². The molecule has 8 heteroatoms. The van der Waals surface area contributed by atoms with E-state index in [1.54, 1.807) is 12.1 Å². The highest BCUT2D eigenvalue weighted by molar-refractivity contribution is 5.79. The van der Waals surface area contributed by atoms with Gasteiger partial charge in [0.25, 0.3) is 5.78 Å². The number of carbonyl (C=O) groups excluding carboxylic acids is 1. The average molecular weight is 382 g/mol. The fourth-order valence-electron chi connectivity index (χ4n) is 3.64. The molecule has 146 valence electrons. The van der Waals surface area contributed by atoms with Crippen molar-refractivity contribution < 1.29 is 9.18 Å². The van der Waals surface area contributed by atoms with Gasteiger partial charge in [0.05, 0.1) is 6.42 Å². The lowest BCUT2D eigenvalue weighted by atomic mass is 10.1. The molecule has 3 aromatic rings. The summed E-state index contributed by atoms with van der Waals surface area (Å²) in [5.74, 6) is 2.08. The number of aryl methyl sites for hydroxylation is 2. The minimum atomic E-state index is -0.313. The maximum Gasteiger partial charge on any atom is 0.257 e. The molecule has 1 aliphatic rings. The number of carbonyl (C=O) groups is 1. The summed E-state index contributed by atoms with van der Waals surface area (Å²) in [6, 6.07) is 8.26. The maximum absolute atomic E-state index is 13.3. The van der Waals surface area contributed by atoms with Gasteiger partial charge in [-0.2, -0.15) is 4.98 Å². The average Bonchev–Trinajstić information content (AvgIpc) is 3.12. The molecule has 0 saturated carbocycles. The number of fused-ring (bicyclic) bond motifs is 1. The van der Waals surface area contributed by atoms with Crippen LogP contribution in [0.1, 0.15) is 24.0 Å². The summed E-state index contributed by atoms with van der Waals surface area (Å²) in [7, 11) is 0. The van der Waals surface area contributed by atoms with E-state index in [2.05, 4.69) is 20.1 Å². The summed E-state index contributed by atoms with van der Waals surface area (Å²) in [5.41, 5.74) is 1.75. The second-order valence-electron chi connectivity index (χ2n) is 7.04. The lowest BCUT2D eigenvalue weighted by Crippen LogP contribution is -2.49. The van der Waals surface area contributed by atoms with Crippen LogP contribution in [0.5, 0.6) is 0 Å². The third-order valence-corrected chi connectivity index (χ3v) is 5.14. The molecule has 1 saturated heterocycles. The van der Waals surface area contributed by atoms with Gasteiger partial charge in [-0.05, 0) is 24.6 Å². The van der Waals surface area contributed by atoms with Gasteiger partial charge in [-0.15, -0.1) is 10.2 Å².